The molecule has 3 atom stereocenters. The molecule has 0 radical (unpaired) electrons. The van der Waals surface area contributed by atoms with Crippen LogP contribution in [0, 0.1) is 11.7 Å². The van der Waals surface area contributed by atoms with Crippen molar-refractivity contribution in [2.75, 3.05) is 0 Å². The maximum absolute atomic E-state index is 13.4. The average Bonchev–Trinajstić information content (AvgIpc) is 3.12. The van der Waals surface area contributed by atoms with Gasteiger partial charge in [-0.2, -0.15) is 0 Å². The van der Waals surface area contributed by atoms with Gasteiger partial charge in [0.1, 0.15) is 11.6 Å². The quantitative estimate of drug-likeness (QED) is 0.478. The van der Waals surface area contributed by atoms with Crippen molar-refractivity contribution >= 4 is 27.8 Å². The van der Waals surface area contributed by atoms with Gasteiger partial charge < -0.3 is 15.3 Å². The Morgan fingerprint density at radius 2 is 2.07 bits per heavy atom. The fraction of sp³-hybridized carbons (Fsp3) is 0.273. The van der Waals surface area contributed by atoms with Crippen molar-refractivity contribution in [1.82, 2.24) is 20.3 Å². The van der Waals surface area contributed by atoms with E-state index in [1.807, 2.05) is 37.3 Å². The number of hydrogen-bond donors (Lipinski definition) is 3. The molecule has 1 saturated carbocycles. The number of H-pyrrole nitrogens is 2. The van der Waals surface area contributed by atoms with Crippen LogP contribution in [0.25, 0.3) is 21.9 Å². The summed E-state index contributed by atoms with van der Waals surface area (Å²) in [4.78, 5) is 23.7. The number of carbonyl (C=O) groups is 1. The Balaban J connectivity index is 1.21. The molecule has 0 bridgehead atoms. The minimum absolute atomic E-state index is 0.0287. The van der Waals surface area contributed by atoms with E-state index in [2.05, 4.69) is 20.3 Å². The van der Waals surface area contributed by atoms with Gasteiger partial charge in [0, 0.05) is 28.9 Å². The summed E-state index contributed by atoms with van der Waals surface area (Å²) in [6.45, 7) is 1.93. The van der Waals surface area contributed by atoms with E-state index in [1.165, 1.54) is 12.1 Å². The molecule has 2 aromatic heterocycles. The standard InChI is InChI=1S/C22H21FN4O/c1-12(20-10-14-8-15(23)6-7-17(14)25-20)24-21(28)11-13-9-16(13)22-26-18-4-2-3-5-19(18)27-22/h2-8,10,12-13,16,25H,9,11H2,1H3,(H,24,28)(H,26,27)/t12-,13+,16+/m1/s1. The molecule has 6 heteroatoms. The van der Waals surface area contributed by atoms with Crippen LogP contribution in [-0.2, 0) is 4.79 Å². The monoisotopic (exact) mass is 376 g/mol. The predicted octanol–water partition coefficient (Wildman–Crippen LogP) is 4.55. The summed E-state index contributed by atoms with van der Waals surface area (Å²) in [7, 11) is 0. The van der Waals surface area contributed by atoms with Crippen molar-refractivity contribution < 1.29 is 9.18 Å². The van der Waals surface area contributed by atoms with E-state index in [4.69, 9.17) is 0 Å². The minimum atomic E-state index is -0.264. The molecule has 142 valence electrons. The third-order valence-corrected chi connectivity index (χ3v) is 5.58. The molecule has 0 aliphatic heterocycles. The van der Waals surface area contributed by atoms with Crippen LogP contribution in [0.5, 0.6) is 0 Å². The summed E-state index contributed by atoms with van der Waals surface area (Å²) in [5, 5.41) is 3.86. The molecule has 0 unspecified atom stereocenters. The lowest BCUT2D eigenvalue weighted by Gasteiger charge is -2.12. The van der Waals surface area contributed by atoms with Gasteiger partial charge in [0.25, 0.3) is 0 Å². The van der Waals surface area contributed by atoms with Crippen molar-refractivity contribution in [3.63, 3.8) is 0 Å². The smallest absolute Gasteiger partial charge is 0.220 e. The van der Waals surface area contributed by atoms with Crippen molar-refractivity contribution in [2.45, 2.75) is 31.7 Å². The summed E-state index contributed by atoms with van der Waals surface area (Å²) in [5.41, 5.74) is 3.75. The molecule has 0 spiro atoms. The Labute approximate surface area is 161 Å². The minimum Gasteiger partial charge on any atom is -0.357 e. The van der Waals surface area contributed by atoms with E-state index in [0.717, 1.165) is 39.9 Å². The van der Waals surface area contributed by atoms with Gasteiger partial charge in [0.05, 0.1) is 17.1 Å². The first kappa shape index (κ1) is 17.0. The lowest BCUT2D eigenvalue weighted by Crippen LogP contribution is -2.27. The zero-order chi connectivity index (χ0) is 19.3. The molecule has 1 aliphatic rings. The van der Waals surface area contributed by atoms with Crippen molar-refractivity contribution in [2.24, 2.45) is 5.92 Å². The molecule has 3 N–H and O–H groups in total. The second kappa shape index (κ2) is 6.48. The Bertz CT molecular complexity index is 1140. The molecule has 5 rings (SSSR count). The lowest BCUT2D eigenvalue weighted by molar-refractivity contribution is -0.122. The number of halogens is 1. The molecule has 0 saturated heterocycles. The molecule has 1 fully saturated rings. The zero-order valence-electron chi connectivity index (χ0n) is 15.5. The third kappa shape index (κ3) is 3.15. The van der Waals surface area contributed by atoms with Crippen LogP contribution in [0.3, 0.4) is 0 Å². The maximum atomic E-state index is 13.4. The van der Waals surface area contributed by atoms with Gasteiger partial charge in [-0.25, -0.2) is 9.37 Å². The number of carbonyl (C=O) groups excluding carboxylic acids is 1. The first-order chi connectivity index (χ1) is 13.6. The van der Waals surface area contributed by atoms with Crippen molar-refractivity contribution in [3.05, 3.63) is 65.9 Å². The molecule has 2 aromatic carbocycles. The van der Waals surface area contributed by atoms with Crippen LogP contribution in [-0.4, -0.2) is 20.9 Å². The van der Waals surface area contributed by atoms with Crippen LogP contribution in [0.15, 0.2) is 48.5 Å². The summed E-state index contributed by atoms with van der Waals surface area (Å²) >= 11 is 0. The van der Waals surface area contributed by atoms with Crippen LogP contribution in [0.2, 0.25) is 0 Å². The molecule has 4 aromatic rings. The second-order valence-electron chi connectivity index (χ2n) is 7.69. The number of aromatic nitrogens is 3. The fourth-order valence-corrected chi connectivity index (χ4v) is 3.93. The number of aromatic amines is 2. The Hall–Kier alpha value is -3.15. The second-order valence-corrected chi connectivity index (χ2v) is 7.69. The van der Waals surface area contributed by atoms with Crippen LogP contribution in [0.4, 0.5) is 4.39 Å². The van der Waals surface area contributed by atoms with Gasteiger partial charge in [0.15, 0.2) is 0 Å². The topological polar surface area (TPSA) is 73.6 Å². The molecule has 1 amide bonds. The van der Waals surface area contributed by atoms with E-state index >= 15 is 0 Å². The summed E-state index contributed by atoms with van der Waals surface area (Å²) < 4.78 is 13.4. The highest BCUT2D eigenvalue weighted by molar-refractivity contribution is 5.81. The van der Waals surface area contributed by atoms with Crippen LogP contribution in [0.1, 0.15) is 43.2 Å². The fourth-order valence-electron chi connectivity index (χ4n) is 3.93. The van der Waals surface area contributed by atoms with Crippen molar-refractivity contribution in [1.29, 1.82) is 0 Å². The number of imidazole rings is 1. The summed E-state index contributed by atoms with van der Waals surface area (Å²) in [5.74, 6) is 1.39. The normalized spacial score (nSPS) is 19.8. The largest absolute Gasteiger partial charge is 0.357 e. The highest BCUT2D eigenvalue weighted by Gasteiger charge is 2.41. The van der Waals surface area contributed by atoms with Gasteiger partial charge in [-0.3, -0.25) is 4.79 Å². The molecular formula is C22H21FN4O. The highest BCUT2D eigenvalue weighted by Crippen LogP contribution is 2.48. The number of amides is 1. The highest BCUT2D eigenvalue weighted by atomic mass is 19.1. The molecule has 1 aliphatic carbocycles. The zero-order valence-corrected chi connectivity index (χ0v) is 15.5. The Morgan fingerprint density at radius 1 is 1.21 bits per heavy atom. The summed E-state index contributed by atoms with van der Waals surface area (Å²) in [6.07, 6.45) is 1.47. The van der Waals surface area contributed by atoms with E-state index in [-0.39, 0.29) is 17.8 Å². The Morgan fingerprint density at radius 3 is 2.93 bits per heavy atom. The molecule has 5 nitrogen and oxygen atoms in total. The van der Waals surface area contributed by atoms with Crippen LogP contribution < -0.4 is 5.32 Å². The number of para-hydroxylation sites is 2. The molecular weight excluding hydrogens is 355 g/mol. The average molecular weight is 376 g/mol. The number of benzene rings is 2. The first-order valence-corrected chi connectivity index (χ1v) is 9.59. The van der Waals surface area contributed by atoms with Gasteiger partial charge in [-0.1, -0.05) is 12.1 Å². The van der Waals surface area contributed by atoms with E-state index < -0.39 is 0 Å². The summed E-state index contributed by atoms with van der Waals surface area (Å²) in [6, 6.07) is 14.3. The first-order valence-electron chi connectivity index (χ1n) is 9.59. The number of nitrogens with zero attached hydrogens (tertiary/aromatic N) is 1. The third-order valence-electron chi connectivity index (χ3n) is 5.58. The van der Waals surface area contributed by atoms with Gasteiger partial charge in [-0.15, -0.1) is 0 Å². The van der Waals surface area contributed by atoms with Gasteiger partial charge in [-0.05, 0) is 55.7 Å². The Kier molecular flexibility index (Phi) is 3.93. The maximum Gasteiger partial charge on any atom is 0.220 e. The number of hydrogen-bond acceptors (Lipinski definition) is 2. The molecule has 28 heavy (non-hydrogen) atoms. The number of rotatable bonds is 5. The SMILES string of the molecule is C[C@@H](NC(=O)C[C@@H]1C[C@@H]1c1nc2ccccc2[nH]1)c1cc2cc(F)ccc2[nH]1. The lowest BCUT2D eigenvalue weighted by atomic mass is 10.2. The number of nitrogens with one attached hydrogen (secondary N) is 3. The van der Waals surface area contributed by atoms with Gasteiger partial charge in [0.2, 0.25) is 5.91 Å². The predicted molar refractivity (Wildman–Crippen MR) is 106 cm³/mol. The van der Waals surface area contributed by atoms with E-state index in [1.54, 1.807) is 6.07 Å². The van der Waals surface area contributed by atoms with Crippen LogP contribution >= 0.6 is 0 Å². The van der Waals surface area contributed by atoms with Gasteiger partial charge >= 0.3 is 0 Å². The number of fused-ring (bicyclic) bond motifs is 2. The molecule has 2 heterocycles. The van der Waals surface area contributed by atoms with E-state index in [9.17, 15) is 9.18 Å². The van der Waals surface area contributed by atoms with Crippen molar-refractivity contribution in [3.8, 4) is 0 Å². The van der Waals surface area contributed by atoms with E-state index in [0.29, 0.717) is 18.3 Å².